The van der Waals surface area contributed by atoms with Crippen molar-refractivity contribution in [2.75, 3.05) is 13.7 Å². The van der Waals surface area contributed by atoms with Crippen molar-refractivity contribution < 1.29 is 24.5 Å². The molecule has 0 saturated carbocycles. The number of nitrogens with zero attached hydrogens (tertiary/aromatic N) is 1. The topological polar surface area (TPSA) is 139 Å². The third kappa shape index (κ3) is 4.75. The van der Waals surface area contributed by atoms with Gasteiger partial charge in [0.2, 0.25) is 0 Å². The number of amides is 1. The zero-order valence-corrected chi connectivity index (χ0v) is 17.8. The van der Waals surface area contributed by atoms with Crippen LogP contribution in [-0.2, 0) is 27.3 Å². The maximum Gasteiger partial charge on any atom is 0.343 e. The summed E-state index contributed by atoms with van der Waals surface area (Å²) in [7, 11) is 1.29. The van der Waals surface area contributed by atoms with Gasteiger partial charge in [0.25, 0.3) is 5.91 Å². The fourth-order valence-electron chi connectivity index (χ4n) is 3.64. The standard InChI is InChI=1S/C23H25N3O4.H2O/c1-4-16-21(22(24)23(25)28)20-17(26(16)12-15-8-6-5-7-9-15)10-14(2)11-18(20)30-13-19(27)29-3;/h5-11,24H,4,12-13H2,1-3H3,(H2,25,28);1H2. The van der Waals surface area contributed by atoms with Crippen LogP contribution in [0.15, 0.2) is 42.5 Å². The quantitative estimate of drug-likeness (QED) is 0.421. The molecular formula is C23H27N3O5. The minimum atomic E-state index is -0.817. The SMILES string of the molecule is CCc1c(C(=N)C(N)=O)c2c(OCC(=O)OC)cc(C)cc2n1Cc1ccccc1.O. The molecule has 8 nitrogen and oxygen atoms in total. The number of carbonyl (C=O) groups is 2. The van der Waals surface area contributed by atoms with E-state index >= 15 is 0 Å². The first-order chi connectivity index (χ1) is 14.4. The highest BCUT2D eigenvalue weighted by molar-refractivity contribution is 6.46. The Balaban J connectivity index is 0.00000341. The lowest BCUT2D eigenvalue weighted by atomic mass is 10.0. The van der Waals surface area contributed by atoms with Crippen molar-refractivity contribution >= 4 is 28.5 Å². The van der Waals surface area contributed by atoms with Crippen molar-refractivity contribution in [1.82, 2.24) is 4.57 Å². The number of benzene rings is 2. The molecule has 0 bridgehead atoms. The van der Waals surface area contributed by atoms with Gasteiger partial charge in [0.1, 0.15) is 11.5 Å². The molecule has 0 aliphatic rings. The Morgan fingerprint density at radius 3 is 2.42 bits per heavy atom. The molecule has 0 fully saturated rings. The summed E-state index contributed by atoms with van der Waals surface area (Å²) in [5, 5.41) is 8.97. The van der Waals surface area contributed by atoms with Gasteiger partial charge in [-0.05, 0) is 36.6 Å². The number of nitrogens with one attached hydrogen (secondary N) is 1. The van der Waals surface area contributed by atoms with Crippen LogP contribution in [0.25, 0.3) is 10.9 Å². The number of rotatable bonds is 8. The molecule has 0 radical (unpaired) electrons. The molecule has 1 amide bonds. The van der Waals surface area contributed by atoms with Gasteiger partial charge in [0, 0.05) is 17.8 Å². The van der Waals surface area contributed by atoms with Crippen LogP contribution in [0.4, 0.5) is 0 Å². The Hall–Kier alpha value is -3.65. The number of hydrogen-bond donors (Lipinski definition) is 2. The van der Waals surface area contributed by atoms with Crippen LogP contribution in [0.1, 0.15) is 29.3 Å². The molecule has 31 heavy (non-hydrogen) atoms. The summed E-state index contributed by atoms with van der Waals surface area (Å²) in [5.41, 5.74) is 9.27. The number of esters is 1. The summed E-state index contributed by atoms with van der Waals surface area (Å²) in [6.45, 7) is 4.18. The van der Waals surface area contributed by atoms with Crippen LogP contribution in [0, 0.1) is 12.3 Å². The third-order valence-corrected chi connectivity index (χ3v) is 4.97. The molecule has 8 heteroatoms. The van der Waals surface area contributed by atoms with Crippen molar-refractivity contribution in [2.45, 2.75) is 26.8 Å². The van der Waals surface area contributed by atoms with Crippen molar-refractivity contribution in [1.29, 1.82) is 5.41 Å². The molecule has 164 valence electrons. The van der Waals surface area contributed by atoms with Gasteiger partial charge in [-0.3, -0.25) is 10.2 Å². The highest BCUT2D eigenvalue weighted by Crippen LogP contribution is 2.36. The summed E-state index contributed by atoms with van der Waals surface area (Å²) >= 11 is 0. The lowest BCUT2D eigenvalue weighted by Crippen LogP contribution is -2.24. The smallest absolute Gasteiger partial charge is 0.343 e. The summed E-state index contributed by atoms with van der Waals surface area (Å²) in [5.74, 6) is -0.920. The van der Waals surface area contributed by atoms with E-state index in [1.807, 2.05) is 50.2 Å². The number of primary amides is 1. The first-order valence-corrected chi connectivity index (χ1v) is 9.65. The first-order valence-electron chi connectivity index (χ1n) is 9.65. The molecule has 3 rings (SSSR count). The fraction of sp³-hybridized carbons (Fsp3) is 0.261. The van der Waals surface area contributed by atoms with Gasteiger partial charge in [-0.2, -0.15) is 0 Å². The minimum absolute atomic E-state index is 0. The van der Waals surface area contributed by atoms with Crippen molar-refractivity contribution in [3.63, 3.8) is 0 Å². The van der Waals surface area contributed by atoms with Gasteiger partial charge in [-0.1, -0.05) is 37.3 Å². The van der Waals surface area contributed by atoms with Gasteiger partial charge >= 0.3 is 5.97 Å². The second-order valence-corrected chi connectivity index (χ2v) is 7.01. The van der Waals surface area contributed by atoms with E-state index in [4.69, 9.17) is 15.9 Å². The van der Waals surface area contributed by atoms with Gasteiger partial charge in [0.15, 0.2) is 6.61 Å². The maximum atomic E-state index is 11.9. The number of hydrogen-bond acceptors (Lipinski definition) is 5. The van der Waals surface area contributed by atoms with E-state index in [1.54, 1.807) is 6.07 Å². The Bertz CT molecular complexity index is 1120. The number of methoxy groups -OCH3 is 1. The molecule has 0 aliphatic heterocycles. The van der Waals surface area contributed by atoms with Gasteiger partial charge in [-0.25, -0.2) is 4.79 Å². The third-order valence-electron chi connectivity index (χ3n) is 4.97. The molecule has 0 saturated heterocycles. The van der Waals surface area contributed by atoms with Gasteiger partial charge < -0.3 is 25.3 Å². The van der Waals surface area contributed by atoms with Crippen LogP contribution in [-0.4, -0.2) is 41.3 Å². The lowest BCUT2D eigenvalue weighted by Gasteiger charge is -2.12. The Morgan fingerprint density at radius 1 is 1.16 bits per heavy atom. The van der Waals surface area contributed by atoms with Crippen LogP contribution in [0.2, 0.25) is 0 Å². The molecule has 2 aromatic carbocycles. The molecule has 3 aromatic rings. The second-order valence-electron chi connectivity index (χ2n) is 7.01. The lowest BCUT2D eigenvalue weighted by molar-refractivity contribution is -0.142. The molecule has 1 aromatic heterocycles. The average Bonchev–Trinajstić information content (AvgIpc) is 3.04. The van der Waals surface area contributed by atoms with Gasteiger partial charge in [0.05, 0.1) is 18.0 Å². The summed E-state index contributed by atoms with van der Waals surface area (Å²) < 4.78 is 12.5. The van der Waals surface area contributed by atoms with E-state index in [1.165, 1.54) is 7.11 Å². The predicted molar refractivity (Wildman–Crippen MR) is 119 cm³/mol. The number of aryl methyl sites for hydroxylation is 1. The van der Waals surface area contributed by atoms with E-state index in [-0.39, 0.29) is 17.8 Å². The van der Waals surface area contributed by atoms with E-state index in [9.17, 15) is 9.59 Å². The minimum Gasteiger partial charge on any atom is -0.481 e. The van der Waals surface area contributed by atoms with Crippen LogP contribution < -0.4 is 10.5 Å². The second kappa shape index (κ2) is 9.90. The molecular weight excluding hydrogens is 398 g/mol. The van der Waals surface area contributed by atoms with E-state index in [2.05, 4.69) is 9.30 Å². The number of fused-ring (bicyclic) bond motifs is 1. The first kappa shape index (κ1) is 23.6. The van der Waals surface area contributed by atoms with E-state index < -0.39 is 11.9 Å². The number of nitrogens with two attached hydrogens (primary N) is 1. The normalized spacial score (nSPS) is 10.4. The average molecular weight is 425 g/mol. The molecule has 1 heterocycles. The van der Waals surface area contributed by atoms with E-state index in [0.29, 0.717) is 29.7 Å². The number of ether oxygens (including phenoxy) is 2. The predicted octanol–water partition coefficient (Wildman–Crippen LogP) is 2.14. The summed E-state index contributed by atoms with van der Waals surface area (Å²) in [4.78, 5) is 23.6. The van der Waals surface area contributed by atoms with Crippen molar-refractivity contribution in [3.05, 3.63) is 64.8 Å². The highest BCUT2D eigenvalue weighted by atomic mass is 16.6. The Kier molecular flexibility index (Phi) is 7.55. The van der Waals surface area contributed by atoms with E-state index in [0.717, 1.165) is 22.3 Å². The molecule has 5 N–H and O–H groups in total. The largest absolute Gasteiger partial charge is 0.481 e. The highest BCUT2D eigenvalue weighted by Gasteiger charge is 2.25. The Labute approximate surface area is 180 Å². The van der Waals surface area contributed by atoms with Crippen molar-refractivity contribution in [2.24, 2.45) is 5.73 Å². The fourth-order valence-corrected chi connectivity index (χ4v) is 3.64. The maximum absolute atomic E-state index is 11.9. The van der Waals surface area contributed by atoms with Crippen LogP contribution >= 0.6 is 0 Å². The molecule has 0 unspecified atom stereocenters. The summed E-state index contributed by atoms with van der Waals surface area (Å²) in [6, 6.07) is 13.7. The zero-order valence-electron chi connectivity index (χ0n) is 17.8. The number of aromatic nitrogens is 1. The van der Waals surface area contributed by atoms with Crippen LogP contribution in [0.3, 0.4) is 0 Å². The zero-order chi connectivity index (χ0) is 21.8. The number of carbonyl (C=O) groups excluding carboxylic acids is 2. The summed E-state index contributed by atoms with van der Waals surface area (Å²) in [6.07, 6.45) is 0.585. The van der Waals surface area contributed by atoms with Crippen LogP contribution in [0.5, 0.6) is 5.75 Å². The molecule has 0 spiro atoms. The monoisotopic (exact) mass is 425 g/mol. The Morgan fingerprint density at radius 2 is 1.84 bits per heavy atom. The molecule has 0 atom stereocenters. The molecule has 0 aliphatic carbocycles. The van der Waals surface area contributed by atoms with Crippen molar-refractivity contribution in [3.8, 4) is 5.75 Å². The van der Waals surface area contributed by atoms with Gasteiger partial charge in [-0.15, -0.1) is 0 Å².